The fourth-order valence-corrected chi connectivity index (χ4v) is 5.63. The summed E-state index contributed by atoms with van der Waals surface area (Å²) in [6, 6.07) is 11.9. The molecule has 0 bridgehead atoms. The Labute approximate surface area is 236 Å². The van der Waals surface area contributed by atoms with Crippen LogP contribution in [0.1, 0.15) is 18.7 Å². The third kappa shape index (κ3) is 6.66. The number of carbonyl (C=O) groups excluding carboxylic acids is 1. The minimum Gasteiger partial charge on any atom is -0.463 e. The number of nitrogens with one attached hydrogen (secondary N) is 1. The molecule has 1 aliphatic heterocycles. The summed E-state index contributed by atoms with van der Waals surface area (Å²) in [5, 5.41) is 38.5. The molecule has 0 aliphatic carbocycles. The van der Waals surface area contributed by atoms with Crippen molar-refractivity contribution in [1.29, 1.82) is 5.26 Å². The van der Waals surface area contributed by atoms with Crippen molar-refractivity contribution >= 4 is 25.1 Å². The molecule has 3 heterocycles. The fourth-order valence-electron chi connectivity index (χ4n) is 4.11. The van der Waals surface area contributed by atoms with Gasteiger partial charge < -0.3 is 34.8 Å². The van der Waals surface area contributed by atoms with Gasteiger partial charge in [0.15, 0.2) is 5.82 Å². The van der Waals surface area contributed by atoms with Gasteiger partial charge in [-0.15, -0.1) is 0 Å². The second-order valence-corrected chi connectivity index (χ2v) is 11.4. The standard InChI is InChI=1S/C25H32N7O8P/c1-16(24(35)37-12-11-31(2)3)30-41(36,40-17-7-5-4-6-8-17)38-14-25(13-26)22(34)20(33)21(39-25)18-9-10-19-23(27)28-15-29-32(18)19/h4-10,15-16,20-22,33-34H,11-12,14H2,1-3H3,(H,30,36)(H2,27,28,29)/t16-,20-,21-,22-,25+,41?/m0/s1. The molecule has 0 saturated carbocycles. The summed E-state index contributed by atoms with van der Waals surface area (Å²) in [5.41, 5.74) is 4.42. The highest BCUT2D eigenvalue weighted by molar-refractivity contribution is 7.52. The first-order chi connectivity index (χ1) is 19.5. The van der Waals surface area contributed by atoms with Crippen LogP contribution in [0.4, 0.5) is 5.82 Å². The number of hydrogen-bond donors (Lipinski definition) is 4. The molecular weight excluding hydrogens is 557 g/mol. The number of aliphatic hydroxyl groups excluding tert-OH is 2. The summed E-state index contributed by atoms with van der Waals surface area (Å²) < 4.78 is 37.6. The number of nitrogens with two attached hydrogens (primary N) is 1. The molecule has 6 atom stereocenters. The Morgan fingerprint density at radius 2 is 2.05 bits per heavy atom. The lowest BCUT2D eigenvalue weighted by molar-refractivity contribution is -0.145. The van der Waals surface area contributed by atoms with Crippen LogP contribution in [0.2, 0.25) is 0 Å². The maximum absolute atomic E-state index is 13.9. The van der Waals surface area contributed by atoms with E-state index in [0.29, 0.717) is 12.1 Å². The molecule has 0 spiro atoms. The summed E-state index contributed by atoms with van der Waals surface area (Å²) in [6.45, 7) is 1.18. The predicted octanol–water partition coefficient (Wildman–Crippen LogP) is 0.654. The number of rotatable bonds is 12. The predicted molar refractivity (Wildman–Crippen MR) is 144 cm³/mol. The molecule has 1 unspecified atom stereocenters. The van der Waals surface area contributed by atoms with Gasteiger partial charge in [0.25, 0.3) is 0 Å². The molecule has 1 saturated heterocycles. The molecule has 0 amide bonds. The van der Waals surface area contributed by atoms with E-state index < -0.39 is 50.3 Å². The summed E-state index contributed by atoms with van der Waals surface area (Å²) in [6.07, 6.45) is -3.42. The van der Waals surface area contributed by atoms with Crippen LogP contribution in [-0.4, -0.2) is 93.4 Å². The van der Waals surface area contributed by atoms with Crippen LogP contribution < -0.4 is 15.3 Å². The number of fused-ring (bicyclic) bond motifs is 1. The third-order valence-corrected chi connectivity index (χ3v) is 7.97. The Balaban J connectivity index is 1.55. The van der Waals surface area contributed by atoms with Crippen LogP contribution in [-0.2, 0) is 23.4 Å². The number of benzene rings is 1. The second-order valence-electron chi connectivity index (χ2n) is 9.67. The lowest BCUT2D eigenvalue weighted by Gasteiger charge is -2.28. The number of nitrogen functional groups attached to an aromatic ring is 1. The van der Waals surface area contributed by atoms with E-state index in [0.717, 1.165) is 0 Å². The summed E-state index contributed by atoms with van der Waals surface area (Å²) in [7, 11) is -0.772. The monoisotopic (exact) mass is 589 g/mol. The van der Waals surface area contributed by atoms with Gasteiger partial charge in [-0.3, -0.25) is 9.32 Å². The lowest BCUT2D eigenvalue weighted by Crippen LogP contribution is -2.46. The van der Waals surface area contributed by atoms with Crippen LogP contribution in [0.25, 0.3) is 5.52 Å². The van der Waals surface area contributed by atoms with Crippen molar-refractivity contribution in [3.8, 4) is 11.8 Å². The topological polar surface area (TPSA) is 207 Å². The van der Waals surface area contributed by atoms with E-state index >= 15 is 0 Å². The number of hydrogen-bond acceptors (Lipinski definition) is 13. The summed E-state index contributed by atoms with van der Waals surface area (Å²) >= 11 is 0. The van der Waals surface area contributed by atoms with Crippen LogP contribution in [0, 0.1) is 11.3 Å². The Bertz CT molecular complexity index is 1450. The highest BCUT2D eigenvalue weighted by Crippen LogP contribution is 2.48. The molecule has 16 heteroatoms. The van der Waals surface area contributed by atoms with Crippen molar-refractivity contribution in [2.75, 3.05) is 39.6 Å². The number of aliphatic hydroxyl groups is 2. The Morgan fingerprint density at radius 3 is 2.73 bits per heavy atom. The average Bonchev–Trinajstić information content (AvgIpc) is 3.48. The Morgan fingerprint density at radius 1 is 1.32 bits per heavy atom. The smallest absolute Gasteiger partial charge is 0.459 e. The molecule has 0 radical (unpaired) electrons. The number of aromatic nitrogens is 3. The molecule has 15 nitrogen and oxygen atoms in total. The zero-order valence-corrected chi connectivity index (χ0v) is 23.5. The molecule has 3 aromatic rings. The maximum Gasteiger partial charge on any atom is 0.459 e. The van der Waals surface area contributed by atoms with Crippen molar-refractivity contribution in [2.24, 2.45) is 0 Å². The van der Waals surface area contributed by atoms with Gasteiger partial charge >= 0.3 is 13.7 Å². The Hall–Kier alpha value is -3.61. The maximum atomic E-state index is 13.9. The van der Waals surface area contributed by atoms with Crippen molar-refractivity contribution in [2.45, 2.75) is 36.9 Å². The third-order valence-electron chi connectivity index (χ3n) is 6.35. The first kappa shape index (κ1) is 30.4. The minimum atomic E-state index is -4.41. The van der Waals surface area contributed by atoms with E-state index in [4.69, 9.17) is 24.3 Å². The number of esters is 1. The number of nitrogens with zero attached hydrogens (tertiary/aromatic N) is 5. The molecule has 41 heavy (non-hydrogen) atoms. The normalized spacial score (nSPS) is 24.6. The van der Waals surface area contributed by atoms with Crippen LogP contribution in [0.15, 0.2) is 48.8 Å². The average molecular weight is 590 g/mol. The van der Waals surface area contributed by atoms with E-state index in [-0.39, 0.29) is 23.9 Å². The number of carbonyl (C=O) groups is 1. The van der Waals surface area contributed by atoms with Gasteiger partial charge in [-0.1, -0.05) is 18.2 Å². The van der Waals surface area contributed by atoms with E-state index in [9.17, 15) is 24.8 Å². The SMILES string of the molecule is C[C@H](NP(=O)(OC[C@@]1(C#N)O[C@@H](c2ccc3c(N)ncnn23)[C@H](O)[C@@H]1O)Oc1ccccc1)C(=O)OCCN(C)C. The number of nitriles is 1. The van der Waals surface area contributed by atoms with Gasteiger partial charge in [0.05, 0.1) is 5.69 Å². The lowest BCUT2D eigenvalue weighted by atomic mass is 9.96. The number of ether oxygens (including phenoxy) is 2. The van der Waals surface area contributed by atoms with Gasteiger partial charge in [-0.05, 0) is 45.3 Å². The number of likely N-dealkylation sites (N-methyl/N-ethyl adjacent to an activating group) is 1. The first-order valence-corrected chi connectivity index (χ1v) is 14.1. The summed E-state index contributed by atoms with van der Waals surface area (Å²) in [5.74, 6) is -0.393. The van der Waals surface area contributed by atoms with Crippen molar-refractivity contribution in [3.05, 3.63) is 54.5 Å². The van der Waals surface area contributed by atoms with Gasteiger partial charge in [0, 0.05) is 6.54 Å². The van der Waals surface area contributed by atoms with Crippen LogP contribution in [0.5, 0.6) is 5.75 Å². The van der Waals surface area contributed by atoms with E-state index in [1.54, 1.807) is 30.3 Å². The molecule has 5 N–H and O–H groups in total. The number of para-hydroxylation sites is 1. The van der Waals surface area contributed by atoms with E-state index in [2.05, 4.69) is 15.2 Å². The number of anilines is 1. The molecule has 4 rings (SSSR count). The summed E-state index contributed by atoms with van der Waals surface area (Å²) in [4.78, 5) is 18.3. The zero-order chi connectivity index (χ0) is 29.8. The molecule has 2 aromatic heterocycles. The van der Waals surface area contributed by atoms with Crippen LogP contribution >= 0.6 is 7.75 Å². The highest BCUT2D eigenvalue weighted by Gasteiger charge is 2.57. The van der Waals surface area contributed by atoms with Gasteiger partial charge in [0.2, 0.25) is 5.60 Å². The molecule has 220 valence electrons. The molecule has 1 aromatic carbocycles. The molecular formula is C25H32N7O8P. The molecule has 1 aliphatic rings. The van der Waals surface area contributed by atoms with Crippen LogP contribution in [0.3, 0.4) is 0 Å². The van der Waals surface area contributed by atoms with Gasteiger partial charge in [0.1, 0.15) is 61.2 Å². The van der Waals surface area contributed by atoms with Crippen molar-refractivity contribution < 1.29 is 38.1 Å². The fraction of sp³-hybridized carbons (Fsp3) is 0.440. The zero-order valence-electron chi connectivity index (χ0n) is 22.7. The first-order valence-electron chi connectivity index (χ1n) is 12.6. The molecule has 1 fully saturated rings. The quantitative estimate of drug-likeness (QED) is 0.169. The second kappa shape index (κ2) is 12.5. The minimum absolute atomic E-state index is 0.102. The Kier molecular flexibility index (Phi) is 9.25. The largest absolute Gasteiger partial charge is 0.463 e. The van der Waals surface area contributed by atoms with Gasteiger partial charge in [-0.2, -0.15) is 15.4 Å². The van der Waals surface area contributed by atoms with Crippen molar-refractivity contribution in [3.63, 3.8) is 0 Å². The highest BCUT2D eigenvalue weighted by atomic mass is 31.2. The van der Waals surface area contributed by atoms with E-state index in [1.807, 2.05) is 25.1 Å². The van der Waals surface area contributed by atoms with Gasteiger partial charge in [-0.25, -0.2) is 14.1 Å². The van der Waals surface area contributed by atoms with E-state index in [1.165, 1.54) is 29.9 Å². The van der Waals surface area contributed by atoms with Crippen molar-refractivity contribution in [1.82, 2.24) is 24.6 Å².